The average Bonchev–Trinajstić information content (AvgIpc) is 2.05. The van der Waals surface area contributed by atoms with E-state index in [1.165, 1.54) is 11.8 Å². The van der Waals surface area contributed by atoms with E-state index in [1.807, 2.05) is 13.8 Å². The van der Waals surface area contributed by atoms with Crippen molar-refractivity contribution >= 4 is 17.7 Å². The Morgan fingerprint density at radius 2 is 1.83 bits per heavy atom. The topological polar surface area (TPSA) is 89.6 Å². The minimum Gasteiger partial charge on any atom is -0.290 e. The summed E-state index contributed by atoms with van der Waals surface area (Å²) in [5.41, 5.74) is 2.25. The number of aromatic nitrogens is 4. The standard InChI is InChI=1S/C5H10N6S/c1-3(2)12-5-10-8-4(7-6)9-11-5/h3H,6H2,1-2H3,(H,7,8,9). The quantitative estimate of drug-likeness (QED) is 0.391. The number of rotatable bonds is 3. The summed E-state index contributed by atoms with van der Waals surface area (Å²) in [4.78, 5) is 0. The van der Waals surface area contributed by atoms with Gasteiger partial charge in [-0.2, -0.15) is 0 Å². The molecule has 0 spiro atoms. The molecule has 1 rings (SSSR count). The molecule has 0 saturated carbocycles. The first kappa shape index (κ1) is 9.14. The molecule has 0 fully saturated rings. The zero-order valence-corrected chi connectivity index (χ0v) is 7.67. The number of thioether (sulfide) groups is 1. The van der Waals surface area contributed by atoms with Gasteiger partial charge in [-0.15, -0.1) is 20.4 Å². The van der Waals surface area contributed by atoms with Crippen molar-refractivity contribution in [3.63, 3.8) is 0 Å². The van der Waals surface area contributed by atoms with Crippen molar-refractivity contribution in [3.05, 3.63) is 0 Å². The van der Waals surface area contributed by atoms with Crippen molar-refractivity contribution in [3.8, 4) is 0 Å². The molecular formula is C5H10N6S. The molecule has 0 aliphatic rings. The van der Waals surface area contributed by atoms with Crippen molar-refractivity contribution in [2.24, 2.45) is 5.84 Å². The van der Waals surface area contributed by atoms with Gasteiger partial charge in [0.25, 0.3) is 5.95 Å². The fourth-order valence-corrected chi connectivity index (χ4v) is 1.13. The Labute approximate surface area is 74.3 Å². The maximum Gasteiger partial charge on any atom is 0.276 e. The van der Waals surface area contributed by atoms with Crippen LogP contribution in [0.3, 0.4) is 0 Å². The molecule has 0 saturated heterocycles. The Hall–Kier alpha value is -0.950. The van der Waals surface area contributed by atoms with Crippen molar-refractivity contribution in [2.75, 3.05) is 5.43 Å². The number of anilines is 1. The highest BCUT2D eigenvalue weighted by Crippen LogP contribution is 2.16. The van der Waals surface area contributed by atoms with Crippen LogP contribution in [-0.2, 0) is 0 Å². The number of nitrogens with one attached hydrogen (secondary N) is 1. The summed E-state index contributed by atoms with van der Waals surface area (Å²) in [6, 6.07) is 0. The van der Waals surface area contributed by atoms with Crippen LogP contribution in [0.1, 0.15) is 13.8 Å². The smallest absolute Gasteiger partial charge is 0.276 e. The van der Waals surface area contributed by atoms with E-state index in [2.05, 4.69) is 25.8 Å². The van der Waals surface area contributed by atoms with E-state index in [1.54, 1.807) is 0 Å². The lowest BCUT2D eigenvalue weighted by Gasteiger charge is -2.00. The fourth-order valence-electron chi connectivity index (χ4n) is 0.536. The van der Waals surface area contributed by atoms with Crippen molar-refractivity contribution < 1.29 is 0 Å². The molecule has 0 aliphatic heterocycles. The summed E-state index contributed by atoms with van der Waals surface area (Å²) in [6.07, 6.45) is 0. The number of nitrogens with two attached hydrogens (primary N) is 1. The molecule has 0 radical (unpaired) electrons. The van der Waals surface area contributed by atoms with Crippen molar-refractivity contribution in [2.45, 2.75) is 24.3 Å². The van der Waals surface area contributed by atoms with Gasteiger partial charge in [0.2, 0.25) is 5.16 Å². The van der Waals surface area contributed by atoms with E-state index >= 15 is 0 Å². The average molecular weight is 186 g/mol. The summed E-state index contributed by atoms with van der Waals surface area (Å²) >= 11 is 1.50. The molecule has 0 aromatic carbocycles. The summed E-state index contributed by atoms with van der Waals surface area (Å²) in [5, 5.41) is 15.9. The minimum atomic E-state index is 0.225. The van der Waals surface area contributed by atoms with Crippen molar-refractivity contribution in [1.29, 1.82) is 0 Å². The number of nitrogen functional groups attached to an aromatic ring is 1. The van der Waals surface area contributed by atoms with Crippen LogP contribution < -0.4 is 11.3 Å². The van der Waals surface area contributed by atoms with E-state index in [4.69, 9.17) is 5.84 Å². The SMILES string of the molecule is CC(C)Sc1nnc(NN)nn1. The van der Waals surface area contributed by atoms with Gasteiger partial charge >= 0.3 is 0 Å². The van der Waals surface area contributed by atoms with Crippen molar-refractivity contribution in [1.82, 2.24) is 20.4 Å². The first-order valence-electron chi connectivity index (χ1n) is 3.43. The molecule has 1 aromatic heterocycles. The Morgan fingerprint density at radius 3 is 2.25 bits per heavy atom. The van der Waals surface area contributed by atoms with Gasteiger partial charge in [-0.25, -0.2) is 5.84 Å². The minimum absolute atomic E-state index is 0.225. The normalized spacial score (nSPS) is 10.3. The Bertz CT molecular complexity index is 234. The molecule has 66 valence electrons. The lowest BCUT2D eigenvalue weighted by atomic mass is 10.6. The fraction of sp³-hybridized carbons (Fsp3) is 0.600. The van der Waals surface area contributed by atoms with E-state index in [9.17, 15) is 0 Å². The predicted octanol–water partition coefficient (Wildman–Crippen LogP) is 0.0527. The Kier molecular flexibility index (Phi) is 3.18. The van der Waals surface area contributed by atoms with E-state index < -0.39 is 0 Å². The van der Waals surface area contributed by atoms with Gasteiger partial charge in [0, 0.05) is 5.25 Å². The third-order valence-corrected chi connectivity index (χ3v) is 1.78. The van der Waals surface area contributed by atoms with Gasteiger partial charge in [-0.3, -0.25) is 5.43 Å². The summed E-state index contributed by atoms with van der Waals surface area (Å²) in [7, 11) is 0. The lowest BCUT2D eigenvalue weighted by Crippen LogP contribution is -2.12. The van der Waals surface area contributed by atoms with E-state index in [-0.39, 0.29) is 5.95 Å². The summed E-state index contributed by atoms with van der Waals surface area (Å²) in [5.74, 6) is 5.26. The van der Waals surface area contributed by atoms with Crippen LogP contribution in [-0.4, -0.2) is 25.6 Å². The Balaban J connectivity index is 2.65. The molecule has 3 N–H and O–H groups in total. The summed E-state index contributed by atoms with van der Waals surface area (Å²) < 4.78 is 0. The Morgan fingerprint density at radius 1 is 1.25 bits per heavy atom. The van der Waals surface area contributed by atoms with Crippen LogP contribution in [0, 0.1) is 0 Å². The maximum absolute atomic E-state index is 5.04. The first-order chi connectivity index (χ1) is 5.72. The highest BCUT2D eigenvalue weighted by molar-refractivity contribution is 7.99. The molecule has 7 heteroatoms. The molecule has 6 nitrogen and oxygen atoms in total. The number of nitrogens with zero attached hydrogens (tertiary/aromatic N) is 4. The lowest BCUT2D eigenvalue weighted by molar-refractivity contribution is 0.747. The van der Waals surface area contributed by atoms with Crippen LogP contribution in [0.15, 0.2) is 5.16 Å². The second-order valence-electron chi connectivity index (χ2n) is 2.32. The molecule has 1 aromatic rings. The number of hydrogen-bond donors (Lipinski definition) is 2. The zero-order chi connectivity index (χ0) is 8.97. The maximum atomic E-state index is 5.04. The third kappa shape index (κ3) is 2.59. The molecule has 1 heterocycles. The molecule has 0 bridgehead atoms. The summed E-state index contributed by atoms with van der Waals surface area (Å²) in [6.45, 7) is 4.09. The highest BCUT2D eigenvalue weighted by Gasteiger charge is 2.02. The van der Waals surface area contributed by atoms with Gasteiger partial charge in [-0.1, -0.05) is 25.6 Å². The van der Waals surface area contributed by atoms with Crippen LogP contribution in [0.25, 0.3) is 0 Å². The monoisotopic (exact) mass is 186 g/mol. The van der Waals surface area contributed by atoms with Crippen LogP contribution in [0.2, 0.25) is 0 Å². The van der Waals surface area contributed by atoms with Gasteiger partial charge in [-0.05, 0) is 0 Å². The van der Waals surface area contributed by atoms with Gasteiger partial charge in [0.15, 0.2) is 0 Å². The van der Waals surface area contributed by atoms with Gasteiger partial charge < -0.3 is 0 Å². The second-order valence-corrected chi connectivity index (χ2v) is 3.86. The molecule has 12 heavy (non-hydrogen) atoms. The zero-order valence-electron chi connectivity index (χ0n) is 6.85. The van der Waals surface area contributed by atoms with Gasteiger partial charge in [0.05, 0.1) is 0 Å². The predicted molar refractivity (Wildman–Crippen MR) is 46.4 cm³/mol. The van der Waals surface area contributed by atoms with Crippen LogP contribution in [0.5, 0.6) is 0 Å². The molecule has 0 atom stereocenters. The molecule has 0 amide bonds. The highest BCUT2D eigenvalue weighted by atomic mass is 32.2. The largest absolute Gasteiger partial charge is 0.290 e. The van der Waals surface area contributed by atoms with Crippen LogP contribution >= 0.6 is 11.8 Å². The molecular weight excluding hydrogens is 176 g/mol. The van der Waals surface area contributed by atoms with E-state index in [0.29, 0.717) is 10.4 Å². The molecule has 0 unspecified atom stereocenters. The third-order valence-electron chi connectivity index (χ3n) is 0.931. The number of hydrazine groups is 1. The number of hydrogen-bond acceptors (Lipinski definition) is 7. The van der Waals surface area contributed by atoms with Gasteiger partial charge in [0.1, 0.15) is 0 Å². The second kappa shape index (κ2) is 4.17. The van der Waals surface area contributed by atoms with Crippen LogP contribution in [0.4, 0.5) is 5.95 Å². The van der Waals surface area contributed by atoms with E-state index in [0.717, 1.165) is 0 Å². The molecule has 0 aliphatic carbocycles. The first-order valence-corrected chi connectivity index (χ1v) is 4.31.